The zero-order valence-corrected chi connectivity index (χ0v) is 27.5. The van der Waals surface area contributed by atoms with Crippen LogP contribution in [-0.4, -0.2) is 15.0 Å². The van der Waals surface area contributed by atoms with Crippen LogP contribution < -0.4 is 0 Å². The fraction of sp³-hybridized carbons (Fsp3) is 0. The molecule has 0 amide bonds. The first-order valence-corrected chi connectivity index (χ1v) is 17.1. The second-order valence-electron chi connectivity index (χ2n) is 12.8. The highest BCUT2D eigenvalue weighted by atomic mass is 16.3. The SMILES string of the molecule is c1ccc(-c2nc(-c3ccccc3)nc(-c3cccc4oc5c6ccccc6c(-c6cccc(-c7cccc8ccccc78)c6)cc5c34)n2)cc1. The monoisotopic (exact) mass is 651 g/mol. The Hall–Kier alpha value is -6.91. The van der Waals surface area contributed by atoms with Crippen LogP contribution in [0.3, 0.4) is 0 Å². The molecule has 0 atom stereocenters. The maximum atomic E-state index is 6.72. The van der Waals surface area contributed by atoms with E-state index in [1.54, 1.807) is 0 Å². The lowest BCUT2D eigenvalue weighted by Gasteiger charge is -2.12. The predicted molar refractivity (Wildman–Crippen MR) is 209 cm³/mol. The lowest BCUT2D eigenvalue weighted by Crippen LogP contribution is -2.00. The molecule has 238 valence electrons. The number of benzene rings is 8. The molecule has 0 aliphatic rings. The topological polar surface area (TPSA) is 51.8 Å². The highest BCUT2D eigenvalue weighted by Gasteiger charge is 2.21. The van der Waals surface area contributed by atoms with E-state index in [9.17, 15) is 0 Å². The zero-order chi connectivity index (χ0) is 33.7. The van der Waals surface area contributed by atoms with Crippen LogP contribution in [0.5, 0.6) is 0 Å². The van der Waals surface area contributed by atoms with E-state index < -0.39 is 0 Å². The van der Waals surface area contributed by atoms with Gasteiger partial charge in [0.25, 0.3) is 0 Å². The molecular formula is C47H29N3O. The smallest absolute Gasteiger partial charge is 0.164 e. The summed E-state index contributed by atoms with van der Waals surface area (Å²) in [5.74, 6) is 1.85. The summed E-state index contributed by atoms with van der Waals surface area (Å²) in [5.41, 5.74) is 9.08. The third kappa shape index (κ3) is 4.96. The molecule has 4 heteroatoms. The third-order valence-corrected chi connectivity index (χ3v) is 9.72. The Morgan fingerprint density at radius 3 is 1.61 bits per heavy atom. The van der Waals surface area contributed by atoms with Gasteiger partial charge in [-0.25, -0.2) is 15.0 Å². The molecule has 0 bridgehead atoms. The standard InChI is InChI=1S/C47H29N3O/c1-3-15-31(16-4-1)45-48-46(32-17-5-2-6-18-32)50-47(49-45)39-26-13-27-42-43(39)41-29-40(37-23-9-10-24-38(37)44(41)51-42)34-21-11-20-33(28-34)36-25-12-19-30-14-7-8-22-35(30)36/h1-29H. The molecule has 0 unspecified atom stereocenters. The van der Waals surface area contributed by atoms with Gasteiger partial charge in [-0.2, -0.15) is 0 Å². The van der Waals surface area contributed by atoms with E-state index in [0.717, 1.165) is 60.5 Å². The van der Waals surface area contributed by atoms with Gasteiger partial charge in [0, 0.05) is 32.8 Å². The molecule has 0 N–H and O–H groups in total. The number of fused-ring (bicyclic) bond motifs is 6. The van der Waals surface area contributed by atoms with Gasteiger partial charge in [0.05, 0.1) is 0 Å². The fourth-order valence-corrected chi connectivity index (χ4v) is 7.33. The van der Waals surface area contributed by atoms with E-state index in [-0.39, 0.29) is 0 Å². The molecule has 0 spiro atoms. The molecule has 0 radical (unpaired) electrons. The normalized spacial score (nSPS) is 11.5. The third-order valence-electron chi connectivity index (χ3n) is 9.72. The van der Waals surface area contributed by atoms with Crippen molar-refractivity contribution in [3.8, 4) is 56.4 Å². The number of hydrogen-bond donors (Lipinski definition) is 0. The number of hydrogen-bond acceptors (Lipinski definition) is 4. The van der Waals surface area contributed by atoms with Crippen LogP contribution in [0.15, 0.2) is 180 Å². The van der Waals surface area contributed by atoms with Crippen LogP contribution in [0.25, 0.3) is 99.9 Å². The van der Waals surface area contributed by atoms with Crippen LogP contribution >= 0.6 is 0 Å². The minimum absolute atomic E-state index is 0.601. The lowest BCUT2D eigenvalue weighted by molar-refractivity contribution is 0.673. The molecule has 51 heavy (non-hydrogen) atoms. The fourth-order valence-electron chi connectivity index (χ4n) is 7.33. The van der Waals surface area contributed by atoms with E-state index in [4.69, 9.17) is 19.4 Å². The van der Waals surface area contributed by atoms with Gasteiger partial charge in [0.2, 0.25) is 0 Å². The number of aromatic nitrogens is 3. The van der Waals surface area contributed by atoms with Gasteiger partial charge in [-0.1, -0.05) is 158 Å². The Labute approximate surface area is 294 Å². The summed E-state index contributed by atoms with van der Waals surface area (Å²) >= 11 is 0. The molecule has 0 fully saturated rings. The van der Waals surface area contributed by atoms with E-state index in [1.165, 1.54) is 21.9 Å². The second-order valence-corrected chi connectivity index (χ2v) is 12.8. The molecule has 0 aliphatic carbocycles. The van der Waals surface area contributed by atoms with Crippen molar-refractivity contribution in [3.63, 3.8) is 0 Å². The van der Waals surface area contributed by atoms with E-state index in [0.29, 0.717) is 17.5 Å². The maximum Gasteiger partial charge on any atom is 0.164 e. The molecule has 10 rings (SSSR count). The van der Waals surface area contributed by atoms with E-state index in [1.807, 2.05) is 72.8 Å². The minimum atomic E-state index is 0.601. The highest BCUT2D eigenvalue weighted by molar-refractivity contribution is 6.22. The van der Waals surface area contributed by atoms with E-state index in [2.05, 4.69) is 103 Å². The molecule has 0 saturated carbocycles. The van der Waals surface area contributed by atoms with Crippen molar-refractivity contribution in [2.45, 2.75) is 0 Å². The quantitative estimate of drug-likeness (QED) is 0.186. The van der Waals surface area contributed by atoms with Crippen LogP contribution in [0, 0.1) is 0 Å². The van der Waals surface area contributed by atoms with Crippen molar-refractivity contribution in [2.24, 2.45) is 0 Å². The van der Waals surface area contributed by atoms with Crippen molar-refractivity contribution >= 4 is 43.5 Å². The molecule has 2 aromatic heterocycles. The summed E-state index contributed by atoms with van der Waals surface area (Å²) in [6, 6.07) is 61.1. The first-order chi connectivity index (χ1) is 25.3. The molecule has 0 saturated heterocycles. The number of nitrogens with zero attached hydrogens (tertiary/aromatic N) is 3. The number of rotatable bonds is 5. The van der Waals surface area contributed by atoms with Crippen LogP contribution in [0.2, 0.25) is 0 Å². The molecule has 4 nitrogen and oxygen atoms in total. The van der Waals surface area contributed by atoms with Crippen molar-refractivity contribution in [3.05, 3.63) is 176 Å². The molecular weight excluding hydrogens is 623 g/mol. The average Bonchev–Trinajstić information content (AvgIpc) is 3.60. The average molecular weight is 652 g/mol. The van der Waals surface area contributed by atoms with Crippen molar-refractivity contribution in [2.75, 3.05) is 0 Å². The van der Waals surface area contributed by atoms with Gasteiger partial charge >= 0.3 is 0 Å². The molecule has 0 aliphatic heterocycles. The first kappa shape index (κ1) is 29.0. The van der Waals surface area contributed by atoms with Crippen LogP contribution in [0.1, 0.15) is 0 Å². The van der Waals surface area contributed by atoms with Crippen LogP contribution in [0.4, 0.5) is 0 Å². The zero-order valence-electron chi connectivity index (χ0n) is 27.5. The van der Waals surface area contributed by atoms with Gasteiger partial charge in [-0.15, -0.1) is 0 Å². The molecule has 2 heterocycles. The number of furan rings is 1. The van der Waals surface area contributed by atoms with Gasteiger partial charge < -0.3 is 4.42 Å². The maximum absolute atomic E-state index is 6.72. The van der Waals surface area contributed by atoms with Crippen molar-refractivity contribution in [1.29, 1.82) is 0 Å². The highest BCUT2D eigenvalue weighted by Crippen LogP contribution is 2.43. The summed E-state index contributed by atoms with van der Waals surface area (Å²) in [6.07, 6.45) is 0. The summed E-state index contributed by atoms with van der Waals surface area (Å²) in [4.78, 5) is 15.1. The first-order valence-electron chi connectivity index (χ1n) is 17.1. The summed E-state index contributed by atoms with van der Waals surface area (Å²) in [7, 11) is 0. The van der Waals surface area contributed by atoms with Crippen molar-refractivity contribution in [1.82, 2.24) is 15.0 Å². The summed E-state index contributed by atoms with van der Waals surface area (Å²) < 4.78 is 6.72. The van der Waals surface area contributed by atoms with Crippen LogP contribution in [-0.2, 0) is 0 Å². The summed E-state index contributed by atoms with van der Waals surface area (Å²) in [6.45, 7) is 0. The second kappa shape index (κ2) is 11.9. The van der Waals surface area contributed by atoms with Gasteiger partial charge in [-0.3, -0.25) is 0 Å². The lowest BCUT2D eigenvalue weighted by atomic mass is 9.91. The largest absolute Gasteiger partial charge is 0.455 e. The Morgan fingerprint density at radius 2 is 0.863 bits per heavy atom. The van der Waals surface area contributed by atoms with Gasteiger partial charge in [0.15, 0.2) is 17.5 Å². The van der Waals surface area contributed by atoms with E-state index >= 15 is 0 Å². The Bertz CT molecular complexity index is 2850. The predicted octanol–water partition coefficient (Wildman–Crippen LogP) is 12.4. The van der Waals surface area contributed by atoms with Gasteiger partial charge in [-0.05, 0) is 56.6 Å². The molecule has 8 aromatic carbocycles. The van der Waals surface area contributed by atoms with Gasteiger partial charge in [0.1, 0.15) is 11.2 Å². The Kier molecular flexibility index (Phi) is 6.78. The minimum Gasteiger partial charge on any atom is -0.455 e. The molecule has 10 aromatic rings. The summed E-state index contributed by atoms with van der Waals surface area (Å²) in [5, 5.41) is 6.67. The Balaban J connectivity index is 1.22. The van der Waals surface area contributed by atoms with Crippen molar-refractivity contribution < 1.29 is 4.42 Å². The Morgan fingerprint density at radius 1 is 0.333 bits per heavy atom.